The van der Waals surface area contributed by atoms with Crippen LogP contribution in [0.4, 0.5) is 5.82 Å². The number of thioether (sulfide) groups is 1. The van der Waals surface area contributed by atoms with E-state index in [-0.39, 0.29) is 29.4 Å². The van der Waals surface area contributed by atoms with Gasteiger partial charge in [-0.05, 0) is 54.3 Å². The molecule has 3 heterocycles. The number of nitrogens with zero attached hydrogens (tertiary/aromatic N) is 3. The van der Waals surface area contributed by atoms with Gasteiger partial charge in [0, 0.05) is 19.3 Å². The average Bonchev–Trinajstić information content (AvgIpc) is 3.28. The summed E-state index contributed by atoms with van der Waals surface area (Å²) in [5.74, 6) is 1.22. The minimum Gasteiger partial charge on any atom is -0.493 e. The standard InChI is InChI=1S/C31H30N4O5S2/c1-19-9-12-27-33-28(32-17-23(36)21-7-5-4-6-8-21)22(29(37)35(27)18-19)16-26-30(38)34(31(41)42-26)14-13-20-10-11-24(39-2)25(15-20)40-3/h4-12,15-16,18,23,32,36H,13-14,17H2,1-3H3/b26-16+. The monoisotopic (exact) mass is 602 g/mol. The first-order valence-corrected chi connectivity index (χ1v) is 14.5. The van der Waals surface area contributed by atoms with Crippen LogP contribution >= 0.6 is 24.0 Å². The Bertz CT molecular complexity index is 1740. The topological polar surface area (TPSA) is 105 Å². The first kappa shape index (κ1) is 29.3. The highest BCUT2D eigenvalue weighted by Gasteiger charge is 2.32. The van der Waals surface area contributed by atoms with Gasteiger partial charge in [0.25, 0.3) is 11.5 Å². The molecule has 11 heteroatoms. The quantitative estimate of drug-likeness (QED) is 0.199. The molecule has 2 N–H and O–H groups in total. The van der Waals surface area contributed by atoms with Crippen molar-refractivity contribution in [3.63, 3.8) is 0 Å². The fraction of sp³-hybridized carbons (Fsp3) is 0.226. The van der Waals surface area contributed by atoms with E-state index in [1.165, 1.54) is 15.4 Å². The van der Waals surface area contributed by atoms with Gasteiger partial charge in [-0.15, -0.1) is 0 Å². The molecular formula is C31H30N4O5S2. The van der Waals surface area contributed by atoms with E-state index in [1.54, 1.807) is 26.5 Å². The Balaban J connectivity index is 1.42. The van der Waals surface area contributed by atoms with Crippen molar-refractivity contribution in [2.24, 2.45) is 0 Å². The highest BCUT2D eigenvalue weighted by atomic mass is 32.2. The predicted molar refractivity (Wildman–Crippen MR) is 169 cm³/mol. The van der Waals surface area contributed by atoms with E-state index >= 15 is 0 Å². The molecule has 1 atom stereocenters. The van der Waals surface area contributed by atoms with Gasteiger partial charge in [-0.3, -0.25) is 18.9 Å². The van der Waals surface area contributed by atoms with Gasteiger partial charge in [0.1, 0.15) is 15.8 Å². The van der Waals surface area contributed by atoms with Crippen LogP contribution in [0.3, 0.4) is 0 Å². The minimum absolute atomic E-state index is 0.117. The second kappa shape index (κ2) is 12.8. The number of thiocarbonyl (C=S) groups is 1. The van der Waals surface area contributed by atoms with Crippen LogP contribution in [0.5, 0.6) is 11.5 Å². The summed E-state index contributed by atoms with van der Waals surface area (Å²) in [7, 11) is 3.15. The lowest BCUT2D eigenvalue weighted by Crippen LogP contribution is -2.30. The van der Waals surface area contributed by atoms with E-state index in [1.807, 2.05) is 61.5 Å². The number of hydrogen-bond acceptors (Lipinski definition) is 9. The molecule has 2 aromatic heterocycles. The van der Waals surface area contributed by atoms with Crippen molar-refractivity contribution >= 4 is 51.7 Å². The lowest BCUT2D eigenvalue weighted by molar-refractivity contribution is -0.122. The number of anilines is 1. The Morgan fingerprint density at radius 2 is 1.83 bits per heavy atom. The van der Waals surface area contributed by atoms with E-state index < -0.39 is 6.10 Å². The number of aliphatic hydroxyl groups is 1. The van der Waals surface area contributed by atoms with E-state index in [4.69, 9.17) is 21.7 Å². The molecule has 1 fully saturated rings. The van der Waals surface area contributed by atoms with Crippen molar-refractivity contribution in [2.75, 3.05) is 32.6 Å². The van der Waals surface area contributed by atoms with Crippen LogP contribution in [-0.4, -0.2) is 56.9 Å². The molecule has 9 nitrogen and oxygen atoms in total. The number of ether oxygens (including phenoxy) is 2. The van der Waals surface area contributed by atoms with Gasteiger partial charge in [0.05, 0.1) is 30.8 Å². The van der Waals surface area contributed by atoms with Crippen LogP contribution in [0.1, 0.15) is 28.4 Å². The van der Waals surface area contributed by atoms with Crippen molar-refractivity contribution < 1.29 is 19.4 Å². The number of hydrogen-bond donors (Lipinski definition) is 2. The first-order valence-electron chi connectivity index (χ1n) is 13.2. The van der Waals surface area contributed by atoms with Crippen molar-refractivity contribution in [2.45, 2.75) is 19.4 Å². The van der Waals surface area contributed by atoms with Crippen LogP contribution in [-0.2, 0) is 11.2 Å². The summed E-state index contributed by atoms with van der Waals surface area (Å²) in [6.45, 7) is 2.36. The Kier molecular flexibility index (Phi) is 8.91. The third-order valence-corrected chi connectivity index (χ3v) is 8.25. The molecule has 0 aliphatic carbocycles. The molecule has 0 spiro atoms. The molecule has 5 rings (SSSR count). The van der Waals surface area contributed by atoms with Crippen LogP contribution in [0, 0.1) is 6.92 Å². The maximum absolute atomic E-state index is 13.7. The van der Waals surface area contributed by atoms with Crippen LogP contribution in [0.15, 0.2) is 76.6 Å². The molecule has 42 heavy (non-hydrogen) atoms. The Morgan fingerprint density at radius 1 is 1.07 bits per heavy atom. The summed E-state index contributed by atoms with van der Waals surface area (Å²) in [5.41, 5.74) is 2.90. The molecule has 0 bridgehead atoms. The maximum atomic E-state index is 13.7. The zero-order valence-corrected chi connectivity index (χ0v) is 25.0. The van der Waals surface area contributed by atoms with Gasteiger partial charge in [0.2, 0.25) is 0 Å². The maximum Gasteiger partial charge on any atom is 0.267 e. The van der Waals surface area contributed by atoms with Crippen molar-refractivity contribution in [1.82, 2.24) is 14.3 Å². The summed E-state index contributed by atoms with van der Waals surface area (Å²) < 4.78 is 12.6. The average molecular weight is 603 g/mol. The van der Waals surface area contributed by atoms with E-state index in [9.17, 15) is 14.7 Å². The van der Waals surface area contributed by atoms with Crippen molar-refractivity contribution in [3.8, 4) is 11.5 Å². The number of pyridine rings is 1. The van der Waals surface area contributed by atoms with Crippen molar-refractivity contribution in [3.05, 3.63) is 104 Å². The number of carbonyl (C=O) groups is 1. The molecule has 1 aliphatic heterocycles. The van der Waals surface area contributed by atoms with Gasteiger partial charge >= 0.3 is 0 Å². The molecule has 1 saturated heterocycles. The van der Waals surface area contributed by atoms with E-state index in [2.05, 4.69) is 10.3 Å². The van der Waals surface area contributed by atoms with Crippen LogP contribution < -0.4 is 20.3 Å². The zero-order chi connectivity index (χ0) is 29.8. The second-order valence-electron chi connectivity index (χ2n) is 9.69. The SMILES string of the molecule is COc1ccc(CCN2C(=O)/C(=C\c3c(NCC(O)c4ccccc4)nc4ccc(C)cn4c3=O)SC2=S)cc1OC. The van der Waals surface area contributed by atoms with E-state index in [0.717, 1.165) is 28.5 Å². The Morgan fingerprint density at radius 3 is 2.57 bits per heavy atom. The molecule has 2 aromatic carbocycles. The van der Waals surface area contributed by atoms with Crippen LogP contribution in [0.2, 0.25) is 0 Å². The number of aromatic nitrogens is 2. The summed E-state index contributed by atoms with van der Waals surface area (Å²) >= 11 is 6.69. The largest absolute Gasteiger partial charge is 0.493 e. The fourth-order valence-corrected chi connectivity index (χ4v) is 5.90. The number of amides is 1. The number of nitrogens with one attached hydrogen (secondary N) is 1. The van der Waals surface area contributed by atoms with E-state index in [0.29, 0.717) is 39.3 Å². The number of aliphatic hydroxyl groups excluding tert-OH is 1. The first-order chi connectivity index (χ1) is 20.3. The smallest absolute Gasteiger partial charge is 0.267 e. The Labute approximate surface area is 252 Å². The van der Waals surface area contributed by atoms with Crippen LogP contribution in [0.25, 0.3) is 11.7 Å². The lowest BCUT2D eigenvalue weighted by atomic mass is 10.1. The second-order valence-corrected chi connectivity index (χ2v) is 11.4. The van der Waals surface area contributed by atoms with Crippen molar-refractivity contribution in [1.29, 1.82) is 0 Å². The highest BCUT2D eigenvalue weighted by Crippen LogP contribution is 2.34. The number of rotatable bonds is 10. The molecule has 1 aliphatic rings. The summed E-state index contributed by atoms with van der Waals surface area (Å²) in [6, 6.07) is 18.5. The molecule has 1 unspecified atom stereocenters. The molecule has 1 amide bonds. The predicted octanol–water partition coefficient (Wildman–Crippen LogP) is 4.61. The van der Waals surface area contributed by atoms with Gasteiger partial charge in [0.15, 0.2) is 11.5 Å². The van der Waals surface area contributed by atoms with Gasteiger partial charge in [-0.1, -0.05) is 66.4 Å². The molecule has 0 radical (unpaired) electrons. The fourth-order valence-electron chi connectivity index (χ4n) is 4.61. The molecular weight excluding hydrogens is 572 g/mol. The summed E-state index contributed by atoms with van der Waals surface area (Å²) in [5, 5.41) is 13.8. The number of methoxy groups -OCH3 is 2. The van der Waals surface area contributed by atoms with Gasteiger partial charge < -0.3 is 19.9 Å². The van der Waals surface area contributed by atoms with Gasteiger partial charge in [-0.25, -0.2) is 4.98 Å². The Hall–Kier alpha value is -4.19. The number of fused-ring (bicyclic) bond motifs is 1. The minimum atomic E-state index is -0.827. The lowest BCUT2D eigenvalue weighted by Gasteiger charge is -2.16. The number of aryl methyl sites for hydroxylation is 1. The number of benzene rings is 2. The summed E-state index contributed by atoms with van der Waals surface area (Å²) in [6.07, 6.45) is 2.96. The summed E-state index contributed by atoms with van der Waals surface area (Å²) in [4.78, 5) is 33.7. The third-order valence-electron chi connectivity index (χ3n) is 6.87. The van der Waals surface area contributed by atoms with Gasteiger partial charge in [-0.2, -0.15) is 0 Å². The normalized spacial score (nSPS) is 15.0. The zero-order valence-electron chi connectivity index (χ0n) is 23.4. The number of carbonyl (C=O) groups excluding carboxylic acids is 1. The molecule has 0 saturated carbocycles. The highest BCUT2D eigenvalue weighted by molar-refractivity contribution is 8.26. The molecule has 216 valence electrons. The third kappa shape index (κ3) is 6.18. The molecule has 4 aromatic rings.